The summed E-state index contributed by atoms with van der Waals surface area (Å²) in [7, 11) is 1.49. The molecule has 1 aromatic carbocycles. The van der Waals surface area contributed by atoms with Crippen LogP contribution >= 0.6 is 46.4 Å². The largest absolute Gasteiger partial charge is 0.495 e. The molecule has 0 aliphatic heterocycles. The minimum absolute atomic E-state index is 0.224. The third-order valence-electron chi connectivity index (χ3n) is 1.57. The van der Waals surface area contributed by atoms with Crippen LogP contribution in [-0.2, 0) is 5.88 Å². The topological polar surface area (TPSA) is 9.23 Å². The number of methoxy groups -OCH3 is 1. The number of rotatable bonds is 2. The summed E-state index contributed by atoms with van der Waals surface area (Å²) in [6.07, 6.45) is 0. The van der Waals surface area contributed by atoms with E-state index in [-0.39, 0.29) is 5.88 Å². The molecule has 0 radical (unpaired) electrons. The van der Waals surface area contributed by atoms with E-state index in [1.807, 2.05) is 0 Å². The molecule has 1 rings (SSSR count). The molecule has 0 aliphatic carbocycles. The fraction of sp³-hybridized carbons (Fsp3) is 0.250. The van der Waals surface area contributed by atoms with E-state index in [0.717, 1.165) is 0 Å². The predicted molar refractivity (Wildman–Crippen MR) is 57.6 cm³/mol. The Kier molecular flexibility index (Phi) is 3.99. The molecule has 1 nitrogen and oxygen atoms in total. The Morgan fingerprint density at radius 2 is 1.85 bits per heavy atom. The normalized spacial score (nSPS) is 10.2. The average Bonchev–Trinajstić information content (AvgIpc) is 2.12. The van der Waals surface area contributed by atoms with Crippen molar-refractivity contribution in [3.63, 3.8) is 0 Å². The lowest BCUT2D eigenvalue weighted by atomic mass is 10.2. The van der Waals surface area contributed by atoms with Crippen LogP contribution in [0.4, 0.5) is 0 Å². The first-order chi connectivity index (χ1) is 6.11. The highest BCUT2D eigenvalue weighted by atomic mass is 35.5. The van der Waals surface area contributed by atoms with Gasteiger partial charge in [-0.25, -0.2) is 0 Å². The van der Waals surface area contributed by atoms with Gasteiger partial charge in [0, 0.05) is 11.6 Å². The van der Waals surface area contributed by atoms with Crippen LogP contribution < -0.4 is 4.74 Å². The molecule has 0 bridgehead atoms. The predicted octanol–water partition coefficient (Wildman–Crippen LogP) is 4.39. The summed E-state index contributed by atoms with van der Waals surface area (Å²) >= 11 is 23.3. The molecule has 0 atom stereocenters. The quantitative estimate of drug-likeness (QED) is 0.565. The van der Waals surface area contributed by atoms with Gasteiger partial charge in [0.05, 0.1) is 23.0 Å². The highest BCUT2D eigenvalue weighted by Crippen LogP contribution is 2.39. The van der Waals surface area contributed by atoms with Crippen LogP contribution in [0.15, 0.2) is 6.07 Å². The highest BCUT2D eigenvalue weighted by Gasteiger charge is 2.13. The van der Waals surface area contributed by atoms with Crippen LogP contribution in [0, 0.1) is 0 Å². The van der Waals surface area contributed by atoms with E-state index in [1.54, 1.807) is 6.07 Å². The maximum absolute atomic E-state index is 5.90. The fourth-order valence-corrected chi connectivity index (χ4v) is 2.11. The molecule has 0 spiro atoms. The van der Waals surface area contributed by atoms with Crippen LogP contribution in [0.25, 0.3) is 0 Å². The van der Waals surface area contributed by atoms with E-state index < -0.39 is 0 Å². The van der Waals surface area contributed by atoms with Crippen molar-refractivity contribution in [2.45, 2.75) is 5.88 Å². The van der Waals surface area contributed by atoms with Gasteiger partial charge in [0.25, 0.3) is 0 Å². The van der Waals surface area contributed by atoms with Crippen LogP contribution in [0.3, 0.4) is 0 Å². The van der Waals surface area contributed by atoms with Gasteiger partial charge in [-0.1, -0.05) is 34.8 Å². The smallest absolute Gasteiger partial charge is 0.140 e. The zero-order valence-electron chi connectivity index (χ0n) is 6.70. The van der Waals surface area contributed by atoms with Crippen molar-refractivity contribution in [2.24, 2.45) is 0 Å². The van der Waals surface area contributed by atoms with Gasteiger partial charge in [-0.05, 0) is 0 Å². The van der Waals surface area contributed by atoms with Crippen molar-refractivity contribution < 1.29 is 4.74 Å². The molecular formula is C8H6Cl4O. The molecule has 72 valence electrons. The first kappa shape index (κ1) is 11.3. The van der Waals surface area contributed by atoms with Gasteiger partial charge in [0.1, 0.15) is 10.8 Å². The molecule has 0 saturated heterocycles. The van der Waals surface area contributed by atoms with Gasteiger partial charge >= 0.3 is 0 Å². The second kappa shape index (κ2) is 4.61. The van der Waals surface area contributed by atoms with Crippen molar-refractivity contribution in [1.82, 2.24) is 0 Å². The maximum Gasteiger partial charge on any atom is 0.140 e. The van der Waals surface area contributed by atoms with E-state index >= 15 is 0 Å². The molecule has 0 heterocycles. The Morgan fingerprint density at radius 1 is 1.23 bits per heavy atom. The third kappa shape index (κ3) is 2.16. The van der Waals surface area contributed by atoms with E-state index in [9.17, 15) is 0 Å². The zero-order valence-corrected chi connectivity index (χ0v) is 9.73. The van der Waals surface area contributed by atoms with Crippen molar-refractivity contribution in [2.75, 3.05) is 7.11 Å². The first-order valence-electron chi connectivity index (χ1n) is 3.38. The van der Waals surface area contributed by atoms with Gasteiger partial charge in [0.2, 0.25) is 0 Å². The first-order valence-corrected chi connectivity index (χ1v) is 5.05. The zero-order chi connectivity index (χ0) is 10.0. The van der Waals surface area contributed by atoms with Gasteiger partial charge < -0.3 is 4.74 Å². The molecule has 0 unspecified atom stereocenters. The summed E-state index contributed by atoms with van der Waals surface area (Å²) in [5.74, 6) is 0.673. The number of ether oxygens (including phenoxy) is 1. The lowest BCUT2D eigenvalue weighted by Gasteiger charge is -2.09. The Labute approximate surface area is 96.5 Å². The molecule has 0 aliphatic rings. The Morgan fingerprint density at radius 3 is 2.31 bits per heavy atom. The molecule has 0 aromatic heterocycles. The standard InChI is InChI=1S/C8H6Cl4O/c1-13-6-2-5(10)4(3-9)7(11)8(6)12/h2H,3H2,1H3. The molecule has 1 aromatic rings. The molecule has 0 fully saturated rings. The average molecular weight is 260 g/mol. The van der Waals surface area contributed by atoms with Crippen molar-refractivity contribution in [1.29, 1.82) is 0 Å². The van der Waals surface area contributed by atoms with Crippen molar-refractivity contribution in [3.05, 3.63) is 26.7 Å². The summed E-state index contributed by atoms with van der Waals surface area (Å²) in [6.45, 7) is 0. The van der Waals surface area contributed by atoms with E-state index in [2.05, 4.69) is 0 Å². The lowest BCUT2D eigenvalue weighted by molar-refractivity contribution is 0.415. The minimum Gasteiger partial charge on any atom is -0.495 e. The number of benzene rings is 1. The number of halogens is 4. The van der Waals surface area contributed by atoms with Gasteiger partial charge in [-0.15, -0.1) is 11.6 Å². The second-order valence-corrected chi connectivity index (χ2v) is 3.73. The number of hydrogen-bond donors (Lipinski definition) is 0. The molecular weight excluding hydrogens is 254 g/mol. The minimum atomic E-state index is 0.224. The van der Waals surface area contributed by atoms with Crippen LogP contribution in [0.1, 0.15) is 5.56 Å². The molecule has 13 heavy (non-hydrogen) atoms. The summed E-state index contributed by atoms with van der Waals surface area (Å²) in [6, 6.07) is 1.59. The van der Waals surface area contributed by atoms with Crippen LogP contribution in [0.5, 0.6) is 5.75 Å². The Balaban J connectivity index is 3.37. The van der Waals surface area contributed by atoms with Crippen molar-refractivity contribution in [3.8, 4) is 5.75 Å². The van der Waals surface area contributed by atoms with Crippen LogP contribution in [0.2, 0.25) is 15.1 Å². The van der Waals surface area contributed by atoms with E-state index in [1.165, 1.54) is 7.11 Å². The van der Waals surface area contributed by atoms with Crippen molar-refractivity contribution >= 4 is 46.4 Å². The monoisotopic (exact) mass is 258 g/mol. The fourth-order valence-electron chi connectivity index (χ4n) is 0.882. The van der Waals surface area contributed by atoms with Crippen LogP contribution in [-0.4, -0.2) is 7.11 Å². The van der Waals surface area contributed by atoms with E-state index in [4.69, 9.17) is 51.1 Å². The van der Waals surface area contributed by atoms with Gasteiger partial charge in [-0.3, -0.25) is 0 Å². The molecule has 0 saturated carbocycles. The molecule has 0 N–H and O–H groups in total. The van der Waals surface area contributed by atoms with E-state index in [0.29, 0.717) is 26.4 Å². The molecule has 5 heteroatoms. The summed E-state index contributed by atoms with van der Waals surface area (Å²) in [5, 5.41) is 1.14. The van der Waals surface area contributed by atoms with Gasteiger partial charge in [0.15, 0.2) is 0 Å². The lowest BCUT2D eigenvalue weighted by Crippen LogP contribution is -1.89. The SMILES string of the molecule is COc1cc(Cl)c(CCl)c(Cl)c1Cl. The summed E-state index contributed by atoms with van der Waals surface area (Å²) in [5.41, 5.74) is 0.621. The summed E-state index contributed by atoms with van der Waals surface area (Å²) < 4.78 is 4.96. The summed E-state index contributed by atoms with van der Waals surface area (Å²) in [4.78, 5) is 0. The molecule has 0 amide bonds. The number of hydrogen-bond acceptors (Lipinski definition) is 1. The Hall–Kier alpha value is 0.180. The second-order valence-electron chi connectivity index (χ2n) is 2.30. The van der Waals surface area contributed by atoms with Gasteiger partial charge in [-0.2, -0.15) is 0 Å². The Bertz CT molecular complexity index is 324. The highest BCUT2D eigenvalue weighted by molar-refractivity contribution is 6.45. The maximum atomic E-state index is 5.90. The number of alkyl halides is 1. The third-order valence-corrected chi connectivity index (χ3v) is 3.07.